The molecule has 0 unspecified atom stereocenters. The molecule has 5 heteroatoms. The van der Waals surface area contributed by atoms with E-state index in [9.17, 15) is 10.1 Å². The van der Waals surface area contributed by atoms with Gasteiger partial charge in [-0.15, -0.1) is 0 Å². The molecule has 1 aliphatic carbocycles. The first-order valence-electron chi connectivity index (χ1n) is 7.99. The molecule has 0 aromatic heterocycles. The summed E-state index contributed by atoms with van der Waals surface area (Å²) in [5.41, 5.74) is 0.825. The zero-order valence-corrected chi connectivity index (χ0v) is 14.9. The second-order valence-corrected chi connectivity index (χ2v) is 6.51. The number of nitriles is 1. The zero-order valence-electron chi connectivity index (χ0n) is 13.3. The summed E-state index contributed by atoms with van der Waals surface area (Å²) in [4.78, 5) is 12.3. The molecule has 1 amide bonds. The Balaban J connectivity index is 2.19. The highest BCUT2D eigenvalue weighted by Gasteiger charge is 2.18. The van der Waals surface area contributed by atoms with Crippen molar-refractivity contribution in [3.05, 3.63) is 33.8 Å². The largest absolute Gasteiger partial charge is 0.493 e. The van der Waals surface area contributed by atoms with Crippen molar-refractivity contribution in [1.29, 1.82) is 5.26 Å². The first-order valence-corrected chi connectivity index (χ1v) is 8.78. The number of nitrogens with one attached hydrogen (secondary N) is 1. The maximum absolute atomic E-state index is 12.3. The number of hydrogen-bond acceptors (Lipinski definition) is 3. The molecular weight excluding hydrogens is 356 g/mol. The van der Waals surface area contributed by atoms with Crippen molar-refractivity contribution >= 4 is 27.9 Å². The van der Waals surface area contributed by atoms with Crippen molar-refractivity contribution in [3.8, 4) is 11.8 Å². The molecule has 0 saturated heterocycles. The van der Waals surface area contributed by atoms with Crippen molar-refractivity contribution < 1.29 is 9.53 Å². The molecular formula is C18H21BrN2O2. The van der Waals surface area contributed by atoms with Gasteiger partial charge in [0.05, 0.1) is 6.61 Å². The minimum atomic E-state index is -0.304. The summed E-state index contributed by atoms with van der Waals surface area (Å²) < 4.78 is 6.43. The van der Waals surface area contributed by atoms with Gasteiger partial charge in [0.1, 0.15) is 17.4 Å². The van der Waals surface area contributed by atoms with Gasteiger partial charge in [-0.3, -0.25) is 4.79 Å². The Morgan fingerprint density at radius 1 is 1.43 bits per heavy atom. The zero-order chi connectivity index (χ0) is 16.7. The minimum Gasteiger partial charge on any atom is -0.493 e. The molecule has 0 heterocycles. The van der Waals surface area contributed by atoms with Gasteiger partial charge >= 0.3 is 0 Å². The molecule has 0 atom stereocenters. The molecule has 0 spiro atoms. The van der Waals surface area contributed by atoms with Crippen molar-refractivity contribution in [1.82, 2.24) is 5.32 Å². The van der Waals surface area contributed by atoms with Gasteiger partial charge in [-0.2, -0.15) is 5.26 Å². The number of ether oxygens (including phenoxy) is 1. The third kappa shape index (κ3) is 5.11. The van der Waals surface area contributed by atoms with E-state index in [1.165, 1.54) is 6.42 Å². The number of hydrogen-bond donors (Lipinski definition) is 1. The van der Waals surface area contributed by atoms with Crippen molar-refractivity contribution in [2.45, 2.75) is 45.1 Å². The van der Waals surface area contributed by atoms with Crippen LogP contribution >= 0.6 is 15.9 Å². The fourth-order valence-corrected chi connectivity index (χ4v) is 3.11. The Labute approximate surface area is 145 Å². The highest BCUT2D eigenvalue weighted by atomic mass is 79.9. The van der Waals surface area contributed by atoms with E-state index >= 15 is 0 Å². The van der Waals surface area contributed by atoms with E-state index in [0.29, 0.717) is 12.4 Å². The molecule has 1 aromatic carbocycles. The van der Waals surface area contributed by atoms with Crippen LogP contribution in [0.1, 0.15) is 44.6 Å². The van der Waals surface area contributed by atoms with E-state index in [0.717, 1.165) is 35.7 Å². The summed E-state index contributed by atoms with van der Waals surface area (Å²) in [5.74, 6) is 0.357. The summed E-state index contributed by atoms with van der Waals surface area (Å²) in [6, 6.07) is 7.73. The number of carbonyl (C=O) groups excluding carboxylic acids is 1. The number of benzene rings is 1. The number of carbonyl (C=O) groups is 1. The van der Waals surface area contributed by atoms with Crippen LogP contribution in [0, 0.1) is 11.3 Å². The van der Waals surface area contributed by atoms with Crippen LogP contribution < -0.4 is 10.1 Å². The number of amides is 1. The third-order valence-electron chi connectivity index (χ3n) is 3.88. The maximum Gasteiger partial charge on any atom is 0.262 e. The third-order valence-corrected chi connectivity index (χ3v) is 4.37. The summed E-state index contributed by atoms with van der Waals surface area (Å²) >= 11 is 3.41. The summed E-state index contributed by atoms with van der Waals surface area (Å²) in [7, 11) is 0. The van der Waals surface area contributed by atoms with Gasteiger partial charge in [-0.05, 0) is 44.0 Å². The molecule has 2 rings (SSSR count). The molecule has 1 aliphatic rings. The molecule has 1 N–H and O–H groups in total. The van der Waals surface area contributed by atoms with Crippen molar-refractivity contribution in [3.63, 3.8) is 0 Å². The Morgan fingerprint density at radius 3 is 2.83 bits per heavy atom. The van der Waals surface area contributed by atoms with E-state index < -0.39 is 0 Å². The standard InChI is InChI=1S/C18H21BrN2O2/c1-2-23-17-9-8-15(19)11-13(17)10-14(12-20)18(22)21-16-6-4-3-5-7-16/h8-11,16H,2-7H2,1H3,(H,21,22)/b14-10-. The Hall–Kier alpha value is -1.80. The Kier molecular flexibility index (Phi) is 6.66. The average molecular weight is 377 g/mol. The molecule has 23 heavy (non-hydrogen) atoms. The molecule has 1 fully saturated rings. The summed E-state index contributed by atoms with van der Waals surface area (Å²) in [6.07, 6.45) is 7.07. The maximum atomic E-state index is 12.3. The van der Waals surface area contributed by atoms with Gasteiger partial charge in [0.25, 0.3) is 5.91 Å². The fraction of sp³-hybridized carbons (Fsp3) is 0.444. The summed E-state index contributed by atoms with van der Waals surface area (Å²) in [5, 5.41) is 12.3. The lowest BCUT2D eigenvalue weighted by atomic mass is 9.95. The van der Waals surface area contributed by atoms with Gasteiger partial charge < -0.3 is 10.1 Å². The van der Waals surface area contributed by atoms with Crippen LogP contribution in [0.5, 0.6) is 5.75 Å². The first-order chi connectivity index (χ1) is 11.1. The first kappa shape index (κ1) is 17.6. The average Bonchev–Trinajstić information content (AvgIpc) is 2.55. The van der Waals surface area contributed by atoms with Gasteiger partial charge in [-0.25, -0.2) is 0 Å². The van der Waals surface area contributed by atoms with Crippen LogP contribution in [0.3, 0.4) is 0 Å². The second-order valence-electron chi connectivity index (χ2n) is 5.59. The molecule has 4 nitrogen and oxygen atoms in total. The van der Waals surface area contributed by atoms with Gasteiger partial charge in [0.2, 0.25) is 0 Å². The topological polar surface area (TPSA) is 62.1 Å². The van der Waals surface area contributed by atoms with Crippen LogP contribution in [-0.2, 0) is 4.79 Å². The number of rotatable bonds is 5. The number of halogens is 1. The van der Waals surface area contributed by atoms with Crippen LogP contribution in [0.25, 0.3) is 6.08 Å². The van der Waals surface area contributed by atoms with Gasteiger partial charge in [0.15, 0.2) is 0 Å². The SMILES string of the molecule is CCOc1ccc(Br)cc1/C=C(/C#N)C(=O)NC1CCCCC1. The smallest absolute Gasteiger partial charge is 0.262 e. The van der Waals surface area contributed by atoms with E-state index in [2.05, 4.69) is 21.2 Å². The number of nitrogens with zero attached hydrogens (tertiary/aromatic N) is 1. The molecule has 0 aliphatic heterocycles. The molecule has 122 valence electrons. The van der Waals surface area contributed by atoms with E-state index in [1.54, 1.807) is 6.08 Å². The van der Waals surface area contributed by atoms with Gasteiger partial charge in [-0.1, -0.05) is 35.2 Å². The quantitative estimate of drug-likeness (QED) is 0.618. The lowest BCUT2D eigenvalue weighted by molar-refractivity contribution is -0.117. The van der Waals surface area contributed by atoms with E-state index in [4.69, 9.17) is 4.74 Å². The predicted octanol–water partition coefficient (Wildman–Crippen LogP) is 4.20. The monoisotopic (exact) mass is 376 g/mol. The Bertz CT molecular complexity index is 628. The Morgan fingerprint density at radius 2 is 2.17 bits per heavy atom. The van der Waals surface area contributed by atoms with Crippen LogP contribution in [0.4, 0.5) is 0 Å². The van der Waals surface area contributed by atoms with E-state index in [-0.39, 0.29) is 17.5 Å². The van der Waals surface area contributed by atoms with Crippen molar-refractivity contribution in [2.24, 2.45) is 0 Å². The molecule has 1 saturated carbocycles. The predicted molar refractivity (Wildman–Crippen MR) is 93.9 cm³/mol. The lowest BCUT2D eigenvalue weighted by Gasteiger charge is -2.22. The molecule has 0 radical (unpaired) electrons. The van der Waals surface area contributed by atoms with Crippen molar-refractivity contribution in [2.75, 3.05) is 6.61 Å². The van der Waals surface area contributed by atoms with Gasteiger partial charge in [0, 0.05) is 16.1 Å². The van der Waals surface area contributed by atoms with Crippen LogP contribution in [-0.4, -0.2) is 18.6 Å². The van der Waals surface area contributed by atoms with Crippen LogP contribution in [0.15, 0.2) is 28.2 Å². The molecule has 1 aromatic rings. The second kappa shape index (κ2) is 8.73. The normalized spacial score (nSPS) is 15.8. The summed E-state index contributed by atoms with van der Waals surface area (Å²) in [6.45, 7) is 2.43. The highest BCUT2D eigenvalue weighted by Crippen LogP contribution is 2.26. The minimum absolute atomic E-state index is 0.106. The van der Waals surface area contributed by atoms with Crippen LogP contribution in [0.2, 0.25) is 0 Å². The lowest BCUT2D eigenvalue weighted by Crippen LogP contribution is -2.36. The highest BCUT2D eigenvalue weighted by molar-refractivity contribution is 9.10. The van der Waals surface area contributed by atoms with E-state index in [1.807, 2.05) is 31.2 Å². The fourth-order valence-electron chi connectivity index (χ4n) is 2.73. The molecule has 0 bridgehead atoms.